The summed E-state index contributed by atoms with van der Waals surface area (Å²) in [5.41, 5.74) is -0.0508. The van der Waals surface area contributed by atoms with E-state index >= 15 is 0 Å². The molecular formula is C19H20O6. The molecular weight excluding hydrogens is 324 g/mol. The lowest BCUT2D eigenvalue weighted by Gasteiger charge is -2.31. The summed E-state index contributed by atoms with van der Waals surface area (Å²) in [6.07, 6.45) is 1.78. The number of ketones is 1. The van der Waals surface area contributed by atoms with Crippen molar-refractivity contribution in [2.24, 2.45) is 5.92 Å². The van der Waals surface area contributed by atoms with Crippen LogP contribution in [0.3, 0.4) is 0 Å². The molecule has 1 fully saturated rings. The van der Waals surface area contributed by atoms with Gasteiger partial charge in [0.15, 0.2) is 5.60 Å². The van der Waals surface area contributed by atoms with Crippen molar-refractivity contribution in [3.8, 4) is 0 Å². The molecule has 0 N–H and O–H groups in total. The summed E-state index contributed by atoms with van der Waals surface area (Å²) in [5, 5.41) is 0. The second kappa shape index (κ2) is 5.72. The Morgan fingerprint density at radius 3 is 2.72 bits per heavy atom. The first-order chi connectivity index (χ1) is 11.6. The second-order valence-corrected chi connectivity index (χ2v) is 6.90. The van der Waals surface area contributed by atoms with Gasteiger partial charge in [-0.3, -0.25) is 4.79 Å². The Hall–Kier alpha value is -2.63. The standard InChI is InChI=1S/C19H20O6/c1-9(2)17(21)24-14-8-19(5)15(20)7-12(25-19)10(3)6-13-16(14)11(4)18(22)23-13/h6-7,13-14,16H,1,4,8H2,2-3,5H3. The maximum Gasteiger partial charge on any atom is 0.334 e. The molecule has 0 aromatic rings. The van der Waals surface area contributed by atoms with E-state index in [0.29, 0.717) is 11.3 Å². The van der Waals surface area contributed by atoms with Crippen molar-refractivity contribution in [3.63, 3.8) is 0 Å². The zero-order valence-corrected chi connectivity index (χ0v) is 14.5. The van der Waals surface area contributed by atoms with Crippen LogP contribution in [0.4, 0.5) is 0 Å². The third-order valence-electron chi connectivity index (χ3n) is 4.78. The molecule has 25 heavy (non-hydrogen) atoms. The summed E-state index contributed by atoms with van der Waals surface area (Å²) in [5.74, 6) is -1.49. The Morgan fingerprint density at radius 1 is 1.40 bits per heavy atom. The first-order valence-electron chi connectivity index (χ1n) is 8.02. The fourth-order valence-corrected chi connectivity index (χ4v) is 3.30. The van der Waals surface area contributed by atoms with Gasteiger partial charge in [-0.1, -0.05) is 13.2 Å². The Bertz CT molecular complexity index is 771. The van der Waals surface area contributed by atoms with Crippen molar-refractivity contribution in [1.82, 2.24) is 0 Å². The van der Waals surface area contributed by atoms with Crippen molar-refractivity contribution < 1.29 is 28.6 Å². The van der Waals surface area contributed by atoms with Gasteiger partial charge in [-0.25, -0.2) is 9.59 Å². The van der Waals surface area contributed by atoms with Gasteiger partial charge in [0, 0.05) is 23.6 Å². The minimum atomic E-state index is -1.18. The van der Waals surface area contributed by atoms with E-state index in [1.165, 1.54) is 13.0 Å². The molecule has 6 heteroatoms. The highest BCUT2D eigenvalue weighted by Gasteiger charge is 2.51. The van der Waals surface area contributed by atoms with Gasteiger partial charge in [0.1, 0.15) is 18.0 Å². The van der Waals surface area contributed by atoms with Crippen LogP contribution in [0, 0.1) is 5.92 Å². The fraction of sp³-hybridized carbons (Fsp3) is 0.421. The molecule has 0 amide bonds. The van der Waals surface area contributed by atoms with E-state index in [-0.39, 0.29) is 23.4 Å². The van der Waals surface area contributed by atoms with Crippen LogP contribution in [-0.2, 0) is 28.6 Å². The van der Waals surface area contributed by atoms with Gasteiger partial charge < -0.3 is 14.2 Å². The Morgan fingerprint density at radius 2 is 2.08 bits per heavy atom. The van der Waals surface area contributed by atoms with Gasteiger partial charge in [-0.05, 0) is 32.4 Å². The van der Waals surface area contributed by atoms with Crippen molar-refractivity contribution >= 4 is 17.7 Å². The summed E-state index contributed by atoms with van der Waals surface area (Å²) in [7, 11) is 0. The molecule has 132 valence electrons. The molecule has 3 aliphatic rings. The normalized spacial score (nSPS) is 33.9. The topological polar surface area (TPSA) is 78.9 Å². The maximum absolute atomic E-state index is 12.4. The summed E-state index contributed by atoms with van der Waals surface area (Å²) in [6, 6.07) is 0. The molecule has 4 atom stereocenters. The second-order valence-electron chi connectivity index (χ2n) is 6.90. The minimum Gasteiger partial charge on any atom is -0.479 e. The van der Waals surface area contributed by atoms with Crippen molar-refractivity contribution in [3.05, 3.63) is 47.8 Å². The molecule has 0 saturated carbocycles. The molecule has 1 saturated heterocycles. The number of carbonyl (C=O) groups excluding carboxylic acids is 3. The van der Waals surface area contributed by atoms with Gasteiger partial charge >= 0.3 is 11.9 Å². The third-order valence-corrected chi connectivity index (χ3v) is 4.78. The predicted octanol–water partition coefficient (Wildman–Crippen LogP) is 2.16. The lowest BCUT2D eigenvalue weighted by Crippen LogP contribution is -2.42. The molecule has 4 unspecified atom stereocenters. The quantitative estimate of drug-likeness (QED) is 0.564. The molecule has 0 aromatic carbocycles. The molecule has 0 spiro atoms. The van der Waals surface area contributed by atoms with E-state index in [9.17, 15) is 14.4 Å². The number of hydrogen-bond donors (Lipinski definition) is 0. The summed E-state index contributed by atoms with van der Waals surface area (Å²) in [4.78, 5) is 36.6. The molecule has 3 rings (SSSR count). The van der Waals surface area contributed by atoms with Crippen LogP contribution in [0.25, 0.3) is 0 Å². The highest BCUT2D eigenvalue weighted by atomic mass is 16.6. The molecule has 0 aromatic heterocycles. The monoisotopic (exact) mass is 344 g/mol. The van der Waals surface area contributed by atoms with E-state index in [1.807, 2.05) is 0 Å². The SMILES string of the molecule is C=C(C)C(=O)OC1CC2(C)OC(=CC2=O)C(C)=CC2OC(=O)C(=C)C21. The number of carbonyl (C=O) groups is 3. The zero-order chi connectivity index (χ0) is 18.5. The van der Waals surface area contributed by atoms with Crippen LogP contribution in [0.5, 0.6) is 0 Å². The highest BCUT2D eigenvalue weighted by molar-refractivity contribution is 6.00. The molecule has 6 nitrogen and oxygen atoms in total. The van der Waals surface area contributed by atoms with E-state index in [2.05, 4.69) is 13.2 Å². The van der Waals surface area contributed by atoms with E-state index < -0.39 is 35.7 Å². The average molecular weight is 344 g/mol. The summed E-state index contributed by atoms with van der Waals surface area (Å²) >= 11 is 0. The molecule has 2 bridgehead atoms. The molecule has 3 aliphatic heterocycles. The van der Waals surface area contributed by atoms with Gasteiger partial charge in [0.05, 0.1) is 5.92 Å². The van der Waals surface area contributed by atoms with E-state index in [4.69, 9.17) is 14.2 Å². The van der Waals surface area contributed by atoms with Crippen molar-refractivity contribution in [2.45, 2.75) is 45.0 Å². The first-order valence-corrected chi connectivity index (χ1v) is 8.02. The first kappa shape index (κ1) is 17.2. The number of rotatable bonds is 2. The summed E-state index contributed by atoms with van der Waals surface area (Å²) < 4.78 is 16.8. The number of esters is 2. The van der Waals surface area contributed by atoms with Crippen LogP contribution in [0.2, 0.25) is 0 Å². The van der Waals surface area contributed by atoms with Gasteiger partial charge in [0.2, 0.25) is 5.78 Å². The average Bonchev–Trinajstić information content (AvgIpc) is 2.96. The number of allylic oxidation sites excluding steroid dienone is 1. The van der Waals surface area contributed by atoms with Crippen LogP contribution >= 0.6 is 0 Å². The largest absolute Gasteiger partial charge is 0.479 e. The van der Waals surface area contributed by atoms with Gasteiger partial charge in [-0.15, -0.1) is 0 Å². The number of ether oxygens (including phenoxy) is 3. The van der Waals surface area contributed by atoms with Crippen molar-refractivity contribution in [2.75, 3.05) is 0 Å². The molecule has 0 aliphatic carbocycles. The fourth-order valence-electron chi connectivity index (χ4n) is 3.30. The molecule has 0 radical (unpaired) electrons. The minimum absolute atomic E-state index is 0.0861. The lowest BCUT2D eigenvalue weighted by molar-refractivity contribution is -0.153. The van der Waals surface area contributed by atoms with Gasteiger partial charge in [-0.2, -0.15) is 0 Å². The lowest BCUT2D eigenvalue weighted by atomic mass is 9.82. The number of fused-ring (bicyclic) bond motifs is 3. The third kappa shape index (κ3) is 2.81. The van der Waals surface area contributed by atoms with E-state index in [0.717, 1.165) is 0 Å². The van der Waals surface area contributed by atoms with Gasteiger partial charge in [0.25, 0.3) is 0 Å². The van der Waals surface area contributed by atoms with E-state index in [1.54, 1.807) is 19.9 Å². The van der Waals surface area contributed by atoms with Crippen LogP contribution < -0.4 is 0 Å². The van der Waals surface area contributed by atoms with Crippen LogP contribution in [0.15, 0.2) is 47.8 Å². The highest BCUT2D eigenvalue weighted by Crippen LogP contribution is 2.42. The Balaban J connectivity index is 2.07. The van der Waals surface area contributed by atoms with Crippen molar-refractivity contribution in [1.29, 1.82) is 0 Å². The maximum atomic E-state index is 12.4. The Labute approximate surface area is 145 Å². The number of hydrogen-bond acceptors (Lipinski definition) is 6. The Kier molecular flexibility index (Phi) is 3.94. The smallest absolute Gasteiger partial charge is 0.334 e. The zero-order valence-electron chi connectivity index (χ0n) is 14.5. The van der Waals surface area contributed by atoms with Crippen LogP contribution in [0.1, 0.15) is 27.2 Å². The molecule has 3 heterocycles. The van der Waals surface area contributed by atoms with Crippen LogP contribution in [-0.4, -0.2) is 35.5 Å². The predicted molar refractivity (Wildman–Crippen MR) is 88.2 cm³/mol. The summed E-state index contributed by atoms with van der Waals surface area (Å²) in [6.45, 7) is 12.3.